The molecule has 1 amide bonds. The fourth-order valence-electron chi connectivity index (χ4n) is 2.33. The highest BCUT2D eigenvalue weighted by Crippen LogP contribution is 2.24. The number of hydrogen-bond donors (Lipinski definition) is 1. The topological polar surface area (TPSA) is 64.4 Å². The standard InChI is InChI=1S/C19H17FN2O3/c1-24-14-6-4-5-13(11-14)17-12-21-19(25-17)10-9-18(23)22-16-8-3-2-7-15(16)20/h2-8,11-12H,9-10H2,1H3,(H,22,23). The molecule has 0 aliphatic rings. The Bertz CT molecular complexity index is 876. The van der Waals surface area contributed by atoms with Gasteiger partial charge in [0.1, 0.15) is 11.6 Å². The second-order valence-electron chi connectivity index (χ2n) is 5.38. The molecule has 0 atom stereocenters. The number of rotatable bonds is 6. The number of para-hydroxylation sites is 1. The largest absolute Gasteiger partial charge is 0.497 e. The van der Waals surface area contributed by atoms with Crippen LogP contribution in [0, 0.1) is 5.82 Å². The van der Waals surface area contributed by atoms with Gasteiger partial charge in [0.15, 0.2) is 11.7 Å². The van der Waals surface area contributed by atoms with Gasteiger partial charge in [-0.05, 0) is 24.3 Å². The highest BCUT2D eigenvalue weighted by molar-refractivity contribution is 5.90. The zero-order chi connectivity index (χ0) is 17.6. The van der Waals surface area contributed by atoms with Crippen LogP contribution in [0.25, 0.3) is 11.3 Å². The Morgan fingerprint density at radius 2 is 2.08 bits per heavy atom. The van der Waals surface area contributed by atoms with Crippen LogP contribution in [-0.4, -0.2) is 18.0 Å². The van der Waals surface area contributed by atoms with Gasteiger partial charge in [-0.2, -0.15) is 0 Å². The van der Waals surface area contributed by atoms with Crippen molar-refractivity contribution >= 4 is 11.6 Å². The van der Waals surface area contributed by atoms with E-state index in [1.54, 1.807) is 25.4 Å². The summed E-state index contributed by atoms with van der Waals surface area (Å²) in [7, 11) is 1.60. The molecule has 0 spiro atoms. The molecule has 0 saturated heterocycles. The first-order valence-electron chi connectivity index (χ1n) is 7.79. The minimum Gasteiger partial charge on any atom is -0.497 e. The number of carbonyl (C=O) groups excluding carboxylic acids is 1. The smallest absolute Gasteiger partial charge is 0.224 e. The molecule has 3 aromatic rings. The van der Waals surface area contributed by atoms with Gasteiger partial charge in [0.2, 0.25) is 5.91 Å². The first-order chi connectivity index (χ1) is 12.2. The molecule has 6 heteroatoms. The van der Waals surface area contributed by atoms with Crippen molar-refractivity contribution in [3.05, 3.63) is 66.4 Å². The fourth-order valence-corrected chi connectivity index (χ4v) is 2.33. The molecule has 0 bridgehead atoms. The van der Waals surface area contributed by atoms with E-state index in [1.165, 1.54) is 12.1 Å². The number of aryl methyl sites for hydroxylation is 1. The van der Waals surface area contributed by atoms with Gasteiger partial charge in [-0.25, -0.2) is 9.37 Å². The number of amides is 1. The number of oxazole rings is 1. The Balaban J connectivity index is 1.60. The van der Waals surface area contributed by atoms with Crippen molar-refractivity contribution in [3.63, 3.8) is 0 Å². The number of anilines is 1. The van der Waals surface area contributed by atoms with Crippen molar-refractivity contribution in [1.29, 1.82) is 0 Å². The predicted molar refractivity (Wildman–Crippen MR) is 91.8 cm³/mol. The molecular formula is C19H17FN2O3. The van der Waals surface area contributed by atoms with Gasteiger partial charge in [-0.3, -0.25) is 4.79 Å². The number of nitrogens with zero attached hydrogens (tertiary/aromatic N) is 1. The lowest BCUT2D eigenvalue weighted by Crippen LogP contribution is -2.13. The van der Waals surface area contributed by atoms with E-state index in [0.29, 0.717) is 18.1 Å². The molecule has 0 unspecified atom stereocenters. The monoisotopic (exact) mass is 340 g/mol. The molecule has 1 aromatic heterocycles. The van der Waals surface area contributed by atoms with E-state index < -0.39 is 5.82 Å². The van der Waals surface area contributed by atoms with E-state index in [1.807, 2.05) is 24.3 Å². The van der Waals surface area contributed by atoms with Crippen molar-refractivity contribution < 1.29 is 18.3 Å². The number of methoxy groups -OCH3 is 1. The van der Waals surface area contributed by atoms with Gasteiger partial charge < -0.3 is 14.5 Å². The van der Waals surface area contributed by atoms with Gasteiger partial charge in [0.25, 0.3) is 0 Å². The van der Waals surface area contributed by atoms with E-state index in [0.717, 1.165) is 11.3 Å². The van der Waals surface area contributed by atoms with Crippen LogP contribution in [-0.2, 0) is 11.2 Å². The third-order valence-electron chi connectivity index (χ3n) is 3.62. The third-order valence-corrected chi connectivity index (χ3v) is 3.62. The Labute approximate surface area is 144 Å². The highest BCUT2D eigenvalue weighted by atomic mass is 19.1. The average molecular weight is 340 g/mol. The van der Waals surface area contributed by atoms with Crippen molar-refractivity contribution in [1.82, 2.24) is 4.98 Å². The second-order valence-corrected chi connectivity index (χ2v) is 5.38. The first kappa shape index (κ1) is 16.7. The summed E-state index contributed by atoms with van der Waals surface area (Å²) in [5.74, 6) is 1.00. The number of halogens is 1. The summed E-state index contributed by atoms with van der Waals surface area (Å²) in [5, 5.41) is 2.53. The Morgan fingerprint density at radius 3 is 2.88 bits per heavy atom. The molecule has 2 aromatic carbocycles. The summed E-state index contributed by atoms with van der Waals surface area (Å²) < 4.78 is 24.4. The summed E-state index contributed by atoms with van der Waals surface area (Å²) in [5.41, 5.74) is 1.01. The molecule has 1 heterocycles. The SMILES string of the molecule is COc1cccc(-c2cnc(CCC(=O)Nc3ccccc3F)o2)c1. The molecule has 0 aliphatic heterocycles. The molecule has 3 rings (SSSR count). The number of nitrogens with one attached hydrogen (secondary N) is 1. The molecule has 1 N–H and O–H groups in total. The molecule has 0 radical (unpaired) electrons. The van der Waals surface area contributed by atoms with Crippen LogP contribution >= 0.6 is 0 Å². The molecule has 128 valence electrons. The molecule has 0 saturated carbocycles. The lowest BCUT2D eigenvalue weighted by molar-refractivity contribution is -0.116. The van der Waals surface area contributed by atoms with E-state index in [9.17, 15) is 9.18 Å². The van der Waals surface area contributed by atoms with Gasteiger partial charge in [0, 0.05) is 18.4 Å². The van der Waals surface area contributed by atoms with Crippen molar-refractivity contribution in [2.75, 3.05) is 12.4 Å². The maximum atomic E-state index is 13.5. The zero-order valence-electron chi connectivity index (χ0n) is 13.7. The number of benzene rings is 2. The van der Waals surface area contributed by atoms with E-state index in [2.05, 4.69) is 10.3 Å². The normalized spacial score (nSPS) is 10.5. The van der Waals surface area contributed by atoms with Gasteiger partial charge >= 0.3 is 0 Å². The van der Waals surface area contributed by atoms with Crippen molar-refractivity contribution in [2.24, 2.45) is 0 Å². The zero-order valence-corrected chi connectivity index (χ0v) is 13.7. The third kappa shape index (κ3) is 4.23. The maximum absolute atomic E-state index is 13.5. The van der Waals surface area contributed by atoms with Crippen LogP contribution < -0.4 is 10.1 Å². The highest BCUT2D eigenvalue weighted by Gasteiger charge is 2.11. The Morgan fingerprint density at radius 1 is 1.24 bits per heavy atom. The van der Waals surface area contributed by atoms with Crippen molar-refractivity contribution in [3.8, 4) is 17.1 Å². The van der Waals surface area contributed by atoms with Gasteiger partial charge in [-0.1, -0.05) is 24.3 Å². The Kier molecular flexibility index (Phi) is 5.09. The number of carbonyl (C=O) groups is 1. The van der Waals surface area contributed by atoms with Crippen LogP contribution in [0.1, 0.15) is 12.3 Å². The van der Waals surface area contributed by atoms with Crippen molar-refractivity contribution in [2.45, 2.75) is 12.8 Å². The van der Waals surface area contributed by atoms with Crippen LogP contribution in [0.5, 0.6) is 5.75 Å². The molecular weight excluding hydrogens is 323 g/mol. The lowest BCUT2D eigenvalue weighted by Gasteiger charge is -2.05. The average Bonchev–Trinajstić information content (AvgIpc) is 3.11. The summed E-state index contributed by atoms with van der Waals surface area (Å²) in [6, 6.07) is 13.5. The molecule has 0 fully saturated rings. The minimum atomic E-state index is -0.465. The molecule has 5 nitrogen and oxygen atoms in total. The number of aromatic nitrogens is 1. The second kappa shape index (κ2) is 7.61. The predicted octanol–water partition coefficient (Wildman–Crippen LogP) is 4.06. The summed E-state index contributed by atoms with van der Waals surface area (Å²) in [4.78, 5) is 16.1. The minimum absolute atomic E-state index is 0.145. The summed E-state index contributed by atoms with van der Waals surface area (Å²) in [6.07, 6.45) is 2.08. The summed E-state index contributed by atoms with van der Waals surface area (Å²) in [6.45, 7) is 0. The van der Waals surface area contributed by atoms with Crippen LogP contribution in [0.3, 0.4) is 0 Å². The van der Waals surface area contributed by atoms with Crippen LogP contribution in [0.2, 0.25) is 0 Å². The van der Waals surface area contributed by atoms with Gasteiger partial charge in [0.05, 0.1) is 19.0 Å². The van der Waals surface area contributed by atoms with E-state index in [4.69, 9.17) is 9.15 Å². The first-order valence-corrected chi connectivity index (χ1v) is 7.79. The maximum Gasteiger partial charge on any atom is 0.224 e. The van der Waals surface area contributed by atoms with E-state index in [-0.39, 0.29) is 18.0 Å². The number of hydrogen-bond acceptors (Lipinski definition) is 4. The quantitative estimate of drug-likeness (QED) is 0.735. The molecule has 25 heavy (non-hydrogen) atoms. The Hall–Kier alpha value is -3.15. The number of ether oxygens (including phenoxy) is 1. The lowest BCUT2D eigenvalue weighted by atomic mass is 10.2. The van der Waals surface area contributed by atoms with E-state index >= 15 is 0 Å². The fraction of sp³-hybridized carbons (Fsp3) is 0.158. The van der Waals surface area contributed by atoms with Crippen LogP contribution in [0.15, 0.2) is 59.1 Å². The molecule has 0 aliphatic carbocycles. The van der Waals surface area contributed by atoms with Gasteiger partial charge in [-0.15, -0.1) is 0 Å². The van der Waals surface area contributed by atoms with Crippen LogP contribution in [0.4, 0.5) is 10.1 Å². The summed E-state index contributed by atoms with van der Waals surface area (Å²) >= 11 is 0.